The highest BCUT2D eigenvalue weighted by Gasteiger charge is 2.23. The van der Waals surface area contributed by atoms with Crippen molar-refractivity contribution >= 4 is 33.3 Å². The van der Waals surface area contributed by atoms with E-state index in [2.05, 4.69) is 60.4 Å². The molecule has 1 aliphatic heterocycles. The average Bonchev–Trinajstić information content (AvgIpc) is 2.73. The molecule has 0 saturated heterocycles. The van der Waals surface area contributed by atoms with Crippen LogP contribution in [0.25, 0.3) is 32.9 Å². The van der Waals surface area contributed by atoms with Gasteiger partial charge in [-0.25, -0.2) is 4.98 Å². The van der Waals surface area contributed by atoms with Crippen LogP contribution >= 0.6 is 11.6 Å². The van der Waals surface area contributed by atoms with Gasteiger partial charge in [-0.3, -0.25) is 4.90 Å². The van der Waals surface area contributed by atoms with Crippen molar-refractivity contribution in [2.75, 3.05) is 13.1 Å². The first-order chi connectivity index (χ1) is 13.2. The molecule has 0 spiro atoms. The number of aromatic nitrogens is 1. The summed E-state index contributed by atoms with van der Waals surface area (Å²) in [5, 5.41) is 4.68. The van der Waals surface area contributed by atoms with E-state index in [4.69, 9.17) is 16.6 Å². The van der Waals surface area contributed by atoms with Crippen LogP contribution in [0.5, 0.6) is 0 Å². The van der Waals surface area contributed by atoms with Crippen molar-refractivity contribution in [1.82, 2.24) is 9.88 Å². The van der Waals surface area contributed by atoms with Gasteiger partial charge in [0.1, 0.15) is 0 Å². The van der Waals surface area contributed by atoms with Crippen molar-refractivity contribution in [3.8, 4) is 11.3 Å². The fourth-order valence-corrected chi connectivity index (χ4v) is 4.41. The van der Waals surface area contributed by atoms with Gasteiger partial charge in [0.2, 0.25) is 0 Å². The van der Waals surface area contributed by atoms with E-state index in [1.54, 1.807) is 0 Å². The summed E-state index contributed by atoms with van der Waals surface area (Å²) in [5.74, 6) is 0. The second-order valence-corrected chi connectivity index (χ2v) is 7.66. The Morgan fingerprint density at radius 3 is 2.59 bits per heavy atom. The van der Waals surface area contributed by atoms with E-state index in [1.807, 2.05) is 12.1 Å². The molecule has 134 valence electrons. The normalized spacial score (nSPS) is 14.6. The Hall–Kier alpha value is -2.42. The molecule has 0 atom stereocenters. The smallest absolute Gasteiger partial charge is 0.0757 e. The molecule has 0 unspecified atom stereocenters. The number of hydrogen-bond donors (Lipinski definition) is 0. The lowest BCUT2D eigenvalue weighted by atomic mass is 9.89. The molecule has 0 amide bonds. The molecule has 1 aliphatic rings. The maximum absolute atomic E-state index is 6.12. The molecule has 27 heavy (non-hydrogen) atoms. The van der Waals surface area contributed by atoms with Crippen LogP contribution in [-0.2, 0) is 13.0 Å². The van der Waals surface area contributed by atoms with Crippen molar-refractivity contribution in [3.63, 3.8) is 0 Å². The minimum absolute atomic E-state index is 0.759. The predicted molar refractivity (Wildman–Crippen MR) is 114 cm³/mol. The summed E-state index contributed by atoms with van der Waals surface area (Å²) in [6, 6.07) is 21.1. The minimum Gasteiger partial charge on any atom is -0.299 e. The molecule has 4 aromatic rings. The Morgan fingerprint density at radius 2 is 1.78 bits per heavy atom. The third-order valence-corrected chi connectivity index (χ3v) is 5.97. The van der Waals surface area contributed by atoms with Gasteiger partial charge in [0, 0.05) is 29.1 Å². The predicted octanol–water partition coefficient (Wildman–Crippen LogP) is 6.09. The number of benzene rings is 3. The number of rotatable bonds is 2. The molecule has 3 heteroatoms. The maximum atomic E-state index is 6.12. The van der Waals surface area contributed by atoms with E-state index in [9.17, 15) is 0 Å². The Morgan fingerprint density at radius 1 is 0.963 bits per heavy atom. The number of nitrogens with zero attached hydrogens (tertiary/aromatic N) is 2. The second kappa shape index (κ2) is 6.63. The molecule has 5 rings (SSSR count). The van der Waals surface area contributed by atoms with Gasteiger partial charge in [0.15, 0.2) is 0 Å². The molecule has 0 bridgehead atoms. The fraction of sp³-hybridized carbons (Fsp3) is 0.208. The molecular weight excluding hydrogens is 352 g/mol. The second-order valence-electron chi connectivity index (χ2n) is 7.22. The summed E-state index contributed by atoms with van der Waals surface area (Å²) in [4.78, 5) is 7.64. The van der Waals surface area contributed by atoms with Crippen LogP contribution in [0.4, 0.5) is 0 Å². The summed E-state index contributed by atoms with van der Waals surface area (Å²) in [7, 11) is 0. The van der Waals surface area contributed by atoms with Gasteiger partial charge >= 0.3 is 0 Å². The van der Waals surface area contributed by atoms with E-state index in [0.29, 0.717) is 0 Å². The first-order valence-corrected chi connectivity index (χ1v) is 9.94. The third kappa shape index (κ3) is 2.80. The molecule has 0 N–H and O–H groups in total. The van der Waals surface area contributed by atoms with Gasteiger partial charge in [-0.15, -0.1) is 0 Å². The van der Waals surface area contributed by atoms with Crippen LogP contribution < -0.4 is 0 Å². The van der Waals surface area contributed by atoms with Crippen molar-refractivity contribution in [3.05, 3.63) is 76.8 Å². The van der Waals surface area contributed by atoms with E-state index < -0.39 is 0 Å². The molecule has 1 aromatic heterocycles. The van der Waals surface area contributed by atoms with Crippen LogP contribution in [0.3, 0.4) is 0 Å². The van der Waals surface area contributed by atoms with Gasteiger partial charge in [0.25, 0.3) is 0 Å². The van der Waals surface area contributed by atoms with Crippen LogP contribution in [0.2, 0.25) is 5.02 Å². The molecule has 3 aromatic carbocycles. The van der Waals surface area contributed by atoms with Crippen molar-refractivity contribution in [2.45, 2.75) is 19.9 Å². The number of fused-ring (bicyclic) bond motifs is 5. The van der Waals surface area contributed by atoms with Crippen LogP contribution in [0.1, 0.15) is 18.1 Å². The van der Waals surface area contributed by atoms with E-state index in [-0.39, 0.29) is 0 Å². The van der Waals surface area contributed by atoms with Crippen molar-refractivity contribution in [1.29, 1.82) is 0 Å². The zero-order chi connectivity index (χ0) is 18.4. The molecule has 0 aliphatic carbocycles. The Bertz CT molecular complexity index is 1150. The lowest BCUT2D eigenvalue weighted by Crippen LogP contribution is -2.31. The molecule has 2 nitrogen and oxygen atoms in total. The zero-order valence-corrected chi connectivity index (χ0v) is 16.1. The molecule has 2 heterocycles. The highest BCUT2D eigenvalue weighted by atomic mass is 35.5. The van der Waals surface area contributed by atoms with Gasteiger partial charge < -0.3 is 0 Å². The first-order valence-electron chi connectivity index (χ1n) is 9.56. The van der Waals surface area contributed by atoms with Crippen molar-refractivity contribution < 1.29 is 0 Å². The molecule has 0 saturated carbocycles. The van der Waals surface area contributed by atoms with Crippen LogP contribution in [0, 0.1) is 0 Å². The largest absolute Gasteiger partial charge is 0.299 e. The third-order valence-electron chi connectivity index (χ3n) is 5.72. The zero-order valence-electron chi connectivity index (χ0n) is 15.4. The fourth-order valence-electron chi connectivity index (χ4n) is 4.29. The van der Waals surface area contributed by atoms with Crippen LogP contribution in [0.15, 0.2) is 60.7 Å². The van der Waals surface area contributed by atoms with Gasteiger partial charge in [-0.1, -0.05) is 61.0 Å². The lowest BCUT2D eigenvalue weighted by Gasteiger charge is -2.30. The molecule has 0 fully saturated rings. The summed E-state index contributed by atoms with van der Waals surface area (Å²) in [6.07, 6.45) is 1.07. The Kier molecular flexibility index (Phi) is 4.11. The minimum atomic E-state index is 0.759. The number of likely N-dealkylation sites (N-methyl/N-ethyl adjacent to an activating group) is 1. The summed E-state index contributed by atoms with van der Waals surface area (Å²) < 4.78 is 0. The quantitative estimate of drug-likeness (QED) is 0.396. The summed E-state index contributed by atoms with van der Waals surface area (Å²) in [5.41, 5.74) is 6.16. The topological polar surface area (TPSA) is 16.1 Å². The Labute approximate surface area is 164 Å². The number of hydrogen-bond acceptors (Lipinski definition) is 2. The first kappa shape index (κ1) is 16.7. The van der Waals surface area contributed by atoms with E-state index in [1.165, 1.54) is 27.3 Å². The summed E-state index contributed by atoms with van der Waals surface area (Å²) in [6.45, 7) is 5.35. The van der Waals surface area contributed by atoms with Crippen LogP contribution in [-0.4, -0.2) is 23.0 Å². The molecular formula is C24H21ClN2. The Balaban J connectivity index is 1.85. The van der Waals surface area contributed by atoms with Gasteiger partial charge in [-0.05, 0) is 53.1 Å². The lowest BCUT2D eigenvalue weighted by molar-refractivity contribution is 0.269. The SMILES string of the molecule is CCN1CCc2c(c(-c3ccc(Cl)cc3)nc3ccc4ccccc4c23)C1. The molecule has 0 radical (unpaired) electrons. The highest BCUT2D eigenvalue weighted by molar-refractivity contribution is 6.30. The monoisotopic (exact) mass is 372 g/mol. The van der Waals surface area contributed by atoms with E-state index in [0.717, 1.165) is 47.9 Å². The average molecular weight is 373 g/mol. The summed E-state index contributed by atoms with van der Waals surface area (Å²) >= 11 is 6.12. The highest BCUT2D eigenvalue weighted by Crippen LogP contribution is 2.37. The van der Waals surface area contributed by atoms with Crippen molar-refractivity contribution in [2.24, 2.45) is 0 Å². The van der Waals surface area contributed by atoms with Gasteiger partial charge in [0.05, 0.1) is 11.2 Å². The number of halogens is 1. The van der Waals surface area contributed by atoms with Gasteiger partial charge in [-0.2, -0.15) is 0 Å². The maximum Gasteiger partial charge on any atom is 0.0757 e. The van der Waals surface area contributed by atoms with E-state index >= 15 is 0 Å². The number of pyridine rings is 1. The standard InChI is InChI=1S/C24H21ClN2/c1-2-27-14-13-20-21(15-27)24(17-7-10-18(25)11-8-17)26-22-12-9-16-5-3-4-6-19(16)23(20)22/h3-12H,2,13-15H2,1H3.